The second-order valence-electron chi connectivity index (χ2n) is 8.92. The van der Waals surface area contributed by atoms with Gasteiger partial charge in [-0.05, 0) is 37.6 Å². The third kappa shape index (κ3) is 8.29. The van der Waals surface area contributed by atoms with Gasteiger partial charge in [-0.25, -0.2) is 0 Å². The maximum atomic E-state index is 13.3. The first-order chi connectivity index (χ1) is 18.0. The highest BCUT2D eigenvalue weighted by atomic mass is 32.2. The summed E-state index contributed by atoms with van der Waals surface area (Å²) in [4.78, 5) is 25.7. The molecule has 0 aliphatic carbocycles. The lowest BCUT2D eigenvalue weighted by molar-refractivity contribution is -0.140. The molecule has 1 aliphatic rings. The topological polar surface area (TPSA) is 104 Å². The first-order valence-corrected chi connectivity index (χ1v) is 13.8. The molecule has 0 saturated carbocycles. The number of rotatable bonds is 14. The van der Waals surface area contributed by atoms with Crippen LogP contribution in [0.1, 0.15) is 70.5 Å². The zero-order valence-electron chi connectivity index (χ0n) is 21.5. The van der Waals surface area contributed by atoms with Crippen LogP contribution >= 0.6 is 11.8 Å². The van der Waals surface area contributed by atoms with Crippen LogP contribution in [0.15, 0.2) is 75.0 Å². The number of anilines is 1. The molecule has 1 unspecified atom stereocenters. The van der Waals surface area contributed by atoms with Crippen molar-refractivity contribution < 1.29 is 18.7 Å². The van der Waals surface area contributed by atoms with Gasteiger partial charge in [0.1, 0.15) is 5.76 Å². The molecule has 0 fully saturated rings. The van der Waals surface area contributed by atoms with Crippen molar-refractivity contribution in [2.24, 2.45) is 0 Å². The highest BCUT2D eigenvalue weighted by Crippen LogP contribution is 2.41. The van der Waals surface area contributed by atoms with Gasteiger partial charge >= 0.3 is 5.97 Å². The molecular formula is C29H35N3O4S. The fraction of sp³-hybridized carbons (Fsp3) is 0.414. The summed E-state index contributed by atoms with van der Waals surface area (Å²) in [6.07, 6.45) is 9.58. The van der Waals surface area contributed by atoms with E-state index in [2.05, 4.69) is 23.6 Å². The van der Waals surface area contributed by atoms with Gasteiger partial charge in [-0.15, -0.1) is 0 Å². The Bertz CT molecular complexity index is 1130. The van der Waals surface area contributed by atoms with Gasteiger partial charge in [0.05, 0.1) is 46.8 Å². The average Bonchev–Trinajstić information content (AvgIpc) is 3.44. The number of esters is 1. The first-order valence-electron chi connectivity index (χ1n) is 12.8. The Balaban J connectivity index is 1.64. The summed E-state index contributed by atoms with van der Waals surface area (Å²) in [5.74, 6) is -0.811. The van der Waals surface area contributed by atoms with Crippen LogP contribution < -0.4 is 10.6 Å². The van der Waals surface area contributed by atoms with E-state index in [0.29, 0.717) is 39.9 Å². The van der Waals surface area contributed by atoms with Crippen LogP contribution in [0.2, 0.25) is 0 Å². The van der Waals surface area contributed by atoms with E-state index in [1.54, 1.807) is 31.2 Å². The van der Waals surface area contributed by atoms with Crippen molar-refractivity contribution in [2.75, 3.05) is 17.7 Å². The van der Waals surface area contributed by atoms with Crippen LogP contribution in [0.4, 0.5) is 5.69 Å². The molecule has 2 N–H and O–H groups in total. The predicted octanol–water partition coefficient (Wildman–Crippen LogP) is 6.64. The van der Waals surface area contributed by atoms with Gasteiger partial charge in [-0.3, -0.25) is 9.59 Å². The van der Waals surface area contributed by atoms with E-state index in [4.69, 9.17) is 9.15 Å². The standard InChI is InChI=1S/C29H35N3O4S/c1-3-4-5-6-7-8-12-17-36-25(33)20-37-29-23(19-30)27(24-16-13-18-35-24)26(21(2)31-29)28(34)32-22-14-10-9-11-15-22/h9-11,13-16,18,27,31H,3-8,12,17,20H2,1-2H3,(H,32,34). The molecule has 7 nitrogen and oxygen atoms in total. The van der Waals surface area contributed by atoms with Crippen LogP contribution in [0.25, 0.3) is 0 Å². The highest BCUT2D eigenvalue weighted by Gasteiger charge is 2.36. The summed E-state index contributed by atoms with van der Waals surface area (Å²) in [6, 6.07) is 14.8. The summed E-state index contributed by atoms with van der Waals surface area (Å²) in [7, 11) is 0. The van der Waals surface area contributed by atoms with E-state index in [9.17, 15) is 14.9 Å². The summed E-state index contributed by atoms with van der Waals surface area (Å²) < 4.78 is 11.0. The Labute approximate surface area is 223 Å². The monoisotopic (exact) mass is 521 g/mol. The lowest BCUT2D eigenvalue weighted by Crippen LogP contribution is -2.30. The van der Waals surface area contributed by atoms with E-state index in [1.807, 2.05) is 18.2 Å². The smallest absolute Gasteiger partial charge is 0.316 e. The lowest BCUT2D eigenvalue weighted by atomic mass is 9.85. The number of nitriles is 1. The Morgan fingerprint density at radius 3 is 2.49 bits per heavy atom. The third-order valence-corrected chi connectivity index (χ3v) is 7.09. The molecule has 0 saturated heterocycles. The molecule has 196 valence electrons. The quantitative estimate of drug-likeness (QED) is 0.212. The zero-order chi connectivity index (χ0) is 26.5. The molecule has 1 aliphatic heterocycles. The van der Waals surface area contributed by atoms with E-state index < -0.39 is 5.92 Å². The number of unbranched alkanes of at least 4 members (excludes halogenated alkanes) is 6. The van der Waals surface area contributed by atoms with Crippen LogP contribution in [0.5, 0.6) is 0 Å². The fourth-order valence-corrected chi connectivity index (χ4v) is 5.10. The molecule has 2 heterocycles. The molecule has 2 aromatic rings. The van der Waals surface area contributed by atoms with Crippen molar-refractivity contribution in [3.63, 3.8) is 0 Å². The number of hydrogen-bond acceptors (Lipinski definition) is 7. The number of thioether (sulfide) groups is 1. The molecular weight excluding hydrogens is 486 g/mol. The van der Waals surface area contributed by atoms with Gasteiger partial charge in [-0.2, -0.15) is 5.26 Å². The Morgan fingerprint density at radius 2 is 1.81 bits per heavy atom. The van der Waals surface area contributed by atoms with Gasteiger partial charge in [-0.1, -0.05) is 75.4 Å². The number of allylic oxidation sites excluding steroid dienone is 2. The SMILES string of the molecule is CCCCCCCCCOC(=O)CSC1=C(C#N)C(c2ccco2)C(C(=O)Nc2ccccc2)=C(C)N1. The maximum Gasteiger partial charge on any atom is 0.316 e. The van der Waals surface area contributed by atoms with E-state index in [1.165, 1.54) is 43.7 Å². The largest absolute Gasteiger partial charge is 0.468 e. The average molecular weight is 522 g/mol. The van der Waals surface area contributed by atoms with Crippen molar-refractivity contribution >= 4 is 29.3 Å². The minimum absolute atomic E-state index is 0.0632. The first kappa shape index (κ1) is 28.1. The number of amides is 1. The molecule has 1 aromatic heterocycles. The van der Waals surface area contributed by atoms with Gasteiger partial charge in [0.15, 0.2) is 0 Å². The minimum atomic E-state index is -0.698. The summed E-state index contributed by atoms with van der Waals surface area (Å²) in [5, 5.41) is 16.7. The Kier molecular flexibility index (Phi) is 11.4. The van der Waals surface area contributed by atoms with Gasteiger partial charge in [0.25, 0.3) is 5.91 Å². The molecule has 1 aromatic carbocycles. The number of carbonyl (C=O) groups excluding carboxylic acids is 2. The number of furan rings is 1. The summed E-state index contributed by atoms with van der Waals surface area (Å²) >= 11 is 1.20. The van der Waals surface area contributed by atoms with Crippen molar-refractivity contribution in [2.45, 2.75) is 64.7 Å². The zero-order valence-corrected chi connectivity index (χ0v) is 22.4. The molecule has 0 bridgehead atoms. The number of hydrogen-bond donors (Lipinski definition) is 2. The third-order valence-electron chi connectivity index (χ3n) is 6.10. The number of nitrogens with zero attached hydrogens (tertiary/aromatic N) is 1. The molecule has 1 amide bonds. The van der Waals surface area contributed by atoms with Gasteiger partial charge < -0.3 is 19.8 Å². The summed E-state index contributed by atoms with van der Waals surface area (Å²) in [5.41, 5.74) is 1.95. The maximum absolute atomic E-state index is 13.3. The Morgan fingerprint density at radius 1 is 1.08 bits per heavy atom. The molecule has 1 atom stereocenters. The Hall–Kier alpha value is -3.44. The minimum Gasteiger partial charge on any atom is -0.468 e. The molecule has 37 heavy (non-hydrogen) atoms. The summed E-state index contributed by atoms with van der Waals surface area (Å²) in [6.45, 7) is 4.39. The molecule has 0 radical (unpaired) electrons. The van der Waals surface area contributed by atoms with Crippen LogP contribution in [0.3, 0.4) is 0 Å². The lowest BCUT2D eigenvalue weighted by Gasteiger charge is -2.28. The number of dihydropyridines is 1. The van der Waals surface area contributed by atoms with Gasteiger partial charge in [0.2, 0.25) is 0 Å². The van der Waals surface area contributed by atoms with Crippen molar-refractivity contribution in [3.05, 3.63) is 76.4 Å². The number of para-hydroxylation sites is 1. The highest BCUT2D eigenvalue weighted by molar-refractivity contribution is 8.03. The van der Waals surface area contributed by atoms with Gasteiger partial charge in [0, 0.05) is 11.4 Å². The fourth-order valence-electron chi connectivity index (χ4n) is 4.21. The number of carbonyl (C=O) groups is 2. The number of ether oxygens (including phenoxy) is 1. The van der Waals surface area contributed by atoms with Crippen LogP contribution in [-0.4, -0.2) is 24.2 Å². The van der Waals surface area contributed by atoms with E-state index >= 15 is 0 Å². The van der Waals surface area contributed by atoms with Crippen molar-refractivity contribution in [3.8, 4) is 6.07 Å². The number of benzene rings is 1. The normalized spacial score (nSPS) is 15.2. The number of nitrogens with one attached hydrogen (secondary N) is 2. The second-order valence-corrected chi connectivity index (χ2v) is 9.90. The molecule has 8 heteroatoms. The van der Waals surface area contributed by atoms with E-state index in [-0.39, 0.29) is 17.6 Å². The van der Waals surface area contributed by atoms with Crippen molar-refractivity contribution in [1.82, 2.24) is 5.32 Å². The predicted molar refractivity (Wildman–Crippen MR) is 146 cm³/mol. The van der Waals surface area contributed by atoms with Crippen LogP contribution in [0, 0.1) is 11.3 Å². The van der Waals surface area contributed by atoms with Crippen LogP contribution in [-0.2, 0) is 14.3 Å². The molecule has 0 spiro atoms. The van der Waals surface area contributed by atoms with E-state index in [0.717, 1.165) is 19.3 Å². The van der Waals surface area contributed by atoms with Crippen molar-refractivity contribution in [1.29, 1.82) is 5.26 Å². The second kappa shape index (κ2) is 15.0. The molecule has 3 rings (SSSR count).